The largest absolute Gasteiger partial charge is 0.573 e. The summed E-state index contributed by atoms with van der Waals surface area (Å²) in [6, 6.07) is 13.0. The predicted octanol–water partition coefficient (Wildman–Crippen LogP) is 5.31. The molecule has 0 bridgehead atoms. The summed E-state index contributed by atoms with van der Waals surface area (Å²) >= 11 is 0. The molecule has 3 aromatic rings. The van der Waals surface area contributed by atoms with E-state index in [9.17, 15) is 18.0 Å². The average molecular weight is 445 g/mol. The first-order chi connectivity index (χ1) is 15.3. The van der Waals surface area contributed by atoms with Gasteiger partial charge in [0, 0.05) is 29.1 Å². The fourth-order valence-corrected chi connectivity index (χ4v) is 3.01. The molecule has 3 rings (SSSR count). The van der Waals surface area contributed by atoms with Crippen LogP contribution in [0.1, 0.15) is 25.3 Å². The Bertz CT molecular complexity index is 1110. The van der Waals surface area contributed by atoms with E-state index < -0.39 is 6.36 Å². The molecule has 0 saturated carbocycles. The Morgan fingerprint density at radius 2 is 1.81 bits per heavy atom. The molecule has 8 heteroatoms. The van der Waals surface area contributed by atoms with Crippen LogP contribution in [0.2, 0.25) is 0 Å². The van der Waals surface area contributed by atoms with Crippen molar-refractivity contribution >= 4 is 16.9 Å². The molecule has 1 aromatic heterocycles. The molecule has 0 atom stereocenters. The number of ether oxygens (including phenoxy) is 3. The van der Waals surface area contributed by atoms with Gasteiger partial charge >= 0.3 is 12.3 Å². The van der Waals surface area contributed by atoms with E-state index in [0.29, 0.717) is 31.6 Å². The number of unbranched alkanes of at least 4 members (excludes halogenated alkanes) is 1. The molecule has 0 spiro atoms. The van der Waals surface area contributed by atoms with E-state index in [1.165, 1.54) is 24.3 Å². The summed E-state index contributed by atoms with van der Waals surface area (Å²) in [5, 5.41) is 0.963. The Balaban J connectivity index is 1.45. The van der Waals surface area contributed by atoms with Gasteiger partial charge in [-0.3, -0.25) is 4.79 Å². The molecule has 0 N–H and O–H groups in total. The minimum absolute atomic E-state index is 0.161. The Morgan fingerprint density at radius 1 is 1.06 bits per heavy atom. The van der Waals surface area contributed by atoms with E-state index in [4.69, 9.17) is 9.47 Å². The third-order valence-corrected chi connectivity index (χ3v) is 4.38. The lowest BCUT2D eigenvalue weighted by molar-refractivity contribution is -0.274. The van der Waals surface area contributed by atoms with Gasteiger partial charge < -0.3 is 18.8 Å². The Labute approximate surface area is 183 Å². The van der Waals surface area contributed by atoms with Gasteiger partial charge in [-0.2, -0.15) is 0 Å². The fraction of sp³-hybridized carbons (Fsp3) is 0.292. The number of carbonyl (C=O) groups is 1. The number of hydrogen-bond donors (Lipinski definition) is 0. The number of benzene rings is 2. The quantitative estimate of drug-likeness (QED) is 0.268. The lowest BCUT2D eigenvalue weighted by Crippen LogP contribution is -2.16. The summed E-state index contributed by atoms with van der Waals surface area (Å²) in [6.45, 7) is 2.76. The first kappa shape index (κ1) is 23.1. The van der Waals surface area contributed by atoms with Crippen molar-refractivity contribution in [1.29, 1.82) is 0 Å². The second kappa shape index (κ2) is 10.6. The molecule has 0 aliphatic rings. The number of halogens is 3. The third kappa shape index (κ3) is 6.98. The van der Waals surface area contributed by atoms with Gasteiger partial charge in [-0.25, -0.2) is 0 Å². The molecule has 1 heterocycles. The molecular weight excluding hydrogens is 423 g/mol. The number of hydrogen-bond acceptors (Lipinski definition) is 4. The van der Waals surface area contributed by atoms with E-state index in [1.807, 2.05) is 35.0 Å². The zero-order chi connectivity index (χ0) is 23.0. The SMILES string of the molecule is CCOC(=O)Cn1ccc2cc(OCCCC#Cc3ccc(OC(F)(F)F)cc3)ccc21. The van der Waals surface area contributed by atoms with Crippen LogP contribution < -0.4 is 9.47 Å². The second-order valence-electron chi connectivity index (χ2n) is 6.80. The van der Waals surface area contributed by atoms with Crippen LogP contribution >= 0.6 is 0 Å². The van der Waals surface area contributed by atoms with Crippen molar-refractivity contribution < 1.29 is 32.2 Å². The van der Waals surface area contributed by atoms with Crippen molar-refractivity contribution in [3.63, 3.8) is 0 Å². The normalized spacial score (nSPS) is 11.0. The number of esters is 1. The predicted molar refractivity (Wildman–Crippen MR) is 113 cm³/mol. The standard InChI is InChI=1S/C24H22F3NO4/c1-2-30-23(29)17-28-14-13-19-16-21(11-12-22(19)28)31-15-5-3-4-6-18-7-9-20(10-8-18)32-24(25,26)27/h7-14,16H,2-3,5,15,17H2,1H3. The van der Waals surface area contributed by atoms with Crippen LogP contribution in [0.25, 0.3) is 10.9 Å². The highest BCUT2D eigenvalue weighted by molar-refractivity contribution is 5.83. The maximum absolute atomic E-state index is 12.2. The fourth-order valence-electron chi connectivity index (χ4n) is 3.01. The van der Waals surface area contributed by atoms with Gasteiger partial charge in [0.1, 0.15) is 18.0 Å². The molecule has 0 aliphatic heterocycles. The summed E-state index contributed by atoms with van der Waals surface area (Å²) in [4.78, 5) is 11.7. The highest BCUT2D eigenvalue weighted by Gasteiger charge is 2.30. The van der Waals surface area contributed by atoms with Crippen LogP contribution in [0, 0.1) is 11.8 Å². The van der Waals surface area contributed by atoms with Crippen molar-refractivity contribution in [2.24, 2.45) is 0 Å². The van der Waals surface area contributed by atoms with Gasteiger partial charge in [0.05, 0.1) is 13.2 Å². The number of nitrogens with zero attached hydrogens (tertiary/aromatic N) is 1. The Kier molecular flexibility index (Phi) is 7.66. The molecule has 2 aromatic carbocycles. The van der Waals surface area contributed by atoms with Crippen LogP contribution in [0.3, 0.4) is 0 Å². The van der Waals surface area contributed by atoms with E-state index in [1.54, 1.807) is 6.92 Å². The Hall–Kier alpha value is -3.60. The maximum atomic E-state index is 12.2. The summed E-state index contributed by atoms with van der Waals surface area (Å²) in [5.41, 5.74) is 1.53. The van der Waals surface area contributed by atoms with Crippen molar-refractivity contribution in [1.82, 2.24) is 4.57 Å². The summed E-state index contributed by atoms with van der Waals surface area (Å²) in [6.07, 6.45) is -1.59. The second-order valence-corrected chi connectivity index (χ2v) is 6.80. The van der Waals surface area contributed by atoms with E-state index in [-0.39, 0.29) is 18.3 Å². The van der Waals surface area contributed by atoms with Gasteiger partial charge in [0.2, 0.25) is 0 Å². The van der Waals surface area contributed by atoms with Crippen LogP contribution in [0.4, 0.5) is 13.2 Å². The number of aromatic nitrogens is 1. The lowest BCUT2D eigenvalue weighted by atomic mass is 10.2. The van der Waals surface area contributed by atoms with Crippen molar-refractivity contribution in [3.05, 3.63) is 60.3 Å². The molecule has 0 saturated heterocycles. The third-order valence-electron chi connectivity index (χ3n) is 4.38. The van der Waals surface area contributed by atoms with Crippen molar-refractivity contribution in [2.75, 3.05) is 13.2 Å². The maximum Gasteiger partial charge on any atom is 0.573 e. The zero-order valence-electron chi connectivity index (χ0n) is 17.4. The van der Waals surface area contributed by atoms with Crippen LogP contribution in [0.5, 0.6) is 11.5 Å². The minimum atomic E-state index is -4.70. The molecule has 0 unspecified atom stereocenters. The van der Waals surface area contributed by atoms with E-state index in [0.717, 1.165) is 16.7 Å². The number of rotatable bonds is 8. The highest BCUT2D eigenvalue weighted by Crippen LogP contribution is 2.23. The van der Waals surface area contributed by atoms with E-state index >= 15 is 0 Å². The number of carbonyl (C=O) groups excluding carboxylic acids is 1. The molecule has 32 heavy (non-hydrogen) atoms. The zero-order valence-corrected chi connectivity index (χ0v) is 17.4. The van der Waals surface area contributed by atoms with Crippen molar-refractivity contribution in [3.8, 4) is 23.3 Å². The molecule has 0 fully saturated rings. The minimum Gasteiger partial charge on any atom is -0.494 e. The molecule has 0 amide bonds. The van der Waals surface area contributed by atoms with Crippen LogP contribution in [-0.4, -0.2) is 30.1 Å². The monoisotopic (exact) mass is 445 g/mol. The van der Waals surface area contributed by atoms with Crippen LogP contribution in [-0.2, 0) is 16.1 Å². The number of fused-ring (bicyclic) bond motifs is 1. The summed E-state index contributed by atoms with van der Waals surface area (Å²) < 4.78 is 52.9. The van der Waals surface area contributed by atoms with Crippen molar-refractivity contribution in [2.45, 2.75) is 32.7 Å². The van der Waals surface area contributed by atoms with Gasteiger partial charge in [-0.1, -0.05) is 11.8 Å². The summed E-state index contributed by atoms with van der Waals surface area (Å²) in [7, 11) is 0. The van der Waals surface area contributed by atoms with Gasteiger partial charge in [-0.15, -0.1) is 13.2 Å². The summed E-state index contributed by atoms with van der Waals surface area (Å²) in [5.74, 6) is 6.05. The molecular formula is C24H22F3NO4. The Morgan fingerprint density at radius 3 is 2.53 bits per heavy atom. The molecule has 168 valence electrons. The number of alkyl halides is 3. The molecule has 0 aliphatic carbocycles. The first-order valence-corrected chi connectivity index (χ1v) is 10.1. The topological polar surface area (TPSA) is 49.7 Å². The van der Waals surface area contributed by atoms with Gasteiger partial charge in [0.15, 0.2) is 0 Å². The molecule has 0 radical (unpaired) electrons. The van der Waals surface area contributed by atoms with Crippen LogP contribution in [0.15, 0.2) is 54.7 Å². The van der Waals surface area contributed by atoms with Gasteiger partial charge in [0.25, 0.3) is 0 Å². The average Bonchev–Trinajstić information content (AvgIpc) is 3.12. The van der Waals surface area contributed by atoms with E-state index in [2.05, 4.69) is 16.6 Å². The highest BCUT2D eigenvalue weighted by atomic mass is 19.4. The van der Waals surface area contributed by atoms with Gasteiger partial charge in [-0.05, 0) is 61.9 Å². The lowest BCUT2D eigenvalue weighted by Gasteiger charge is -2.08. The molecule has 5 nitrogen and oxygen atoms in total. The first-order valence-electron chi connectivity index (χ1n) is 10.1. The smallest absolute Gasteiger partial charge is 0.494 e.